The van der Waals surface area contributed by atoms with Crippen LogP contribution in [0.5, 0.6) is 5.75 Å². The van der Waals surface area contributed by atoms with Crippen LogP contribution in [0.2, 0.25) is 0 Å². The Balaban J connectivity index is 0.00000132. The van der Waals surface area contributed by atoms with Gasteiger partial charge in [-0.15, -0.1) is 0 Å². The van der Waals surface area contributed by atoms with Gasteiger partial charge in [0.05, 0.1) is 6.10 Å². The van der Waals surface area contributed by atoms with Crippen LogP contribution in [0.3, 0.4) is 0 Å². The van der Waals surface area contributed by atoms with Crippen LogP contribution in [0.25, 0.3) is 0 Å². The van der Waals surface area contributed by atoms with Gasteiger partial charge in [-0.1, -0.05) is 20.4 Å². The molecule has 116 valence electrons. The van der Waals surface area contributed by atoms with Gasteiger partial charge in [-0.25, -0.2) is 0 Å². The summed E-state index contributed by atoms with van der Waals surface area (Å²) in [7, 11) is 0. The van der Waals surface area contributed by atoms with Gasteiger partial charge in [0.25, 0.3) is 0 Å². The summed E-state index contributed by atoms with van der Waals surface area (Å²) in [6.45, 7) is 2.32. The Bertz CT molecular complexity index is 538. The standard InChI is InChI=1S/C18H24O2.CH4/c1-18-9-8-14-13-5-3-12(19)10-11(13)2-4-15(14)16(18)6-7-17(18)20;/h3,5,10,14-17,19-20H,2,4,6-9H2,1H3;1H4/t14-,15-,16+,17+,18+;/m1./s1. The van der Waals surface area contributed by atoms with Crippen LogP contribution >= 0.6 is 0 Å². The summed E-state index contributed by atoms with van der Waals surface area (Å²) in [6.07, 6.45) is 6.78. The maximum Gasteiger partial charge on any atom is 0.115 e. The van der Waals surface area contributed by atoms with Crippen LogP contribution in [-0.2, 0) is 6.42 Å². The van der Waals surface area contributed by atoms with Gasteiger partial charge in [-0.2, -0.15) is 0 Å². The van der Waals surface area contributed by atoms with Crippen LogP contribution < -0.4 is 0 Å². The van der Waals surface area contributed by atoms with E-state index in [0.717, 1.165) is 25.2 Å². The molecule has 3 aliphatic carbocycles. The molecular formula is C19H28O2. The van der Waals surface area contributed by atoms with Crippen molar-refractivity contribution in [2.24, 2.45) is 17.3 Å². The number of rotatable bonds is 0. The van der Waals surface area contributed by atoms with Gasteiger partial charge < -0.3 is 10.2 Å². The lowest BCUT2D eigenvalue weighted by molar-refractivity contribution is -0.0226. The minimum absolute atomic E-state index is 0. The summed E-state index contributed by atoms with van der Waals surface area (Å²) in [5.74, 6) is 2.49. The van der Waals surface area contributed by atoms with E-state index in [4.69, 9.17) is 0 Å². The molecule has 21 heavy (non-hydrogen) atoms. The minimum atomic E-state index is -0.0883. The topological polar surface area (TPSA) is 40.5 Å². The molecule has 0 spiro atoms. The lowest BCUT2D eigenvalue weighted by atomic mass is 9.55. The fourth-order valence-corrected chi connectivity index (χ4v) is 5.54. The molecule has 0 bridgehead atoms. The van der Waals surface area contributed by atoms with Crippen molar-refractivity contribution in [3.8, 4) is 5.75 Å². The van der Waals surface area contributed by atoms with Crippen molar-refractivity contribution in [3.63, 3.8) is 0 Å². The first-order valence-corrected chi connectivity index (χ1v) is 8.09. The maximum absolute atomic E-state index is 10.4. The van der Waals surface area contributed by atoms with Gasteiger partial charge in [0.15, 0.2) is 0 Å². The molecular weight excluding hydrogens is 260 g/mol. The number of aromatic hydroxyl groups is 1. The molecule has 0 aliphatic heterocycles. The molecule has 0 aromatic heterocycles. The third-order valence-electron chi connectivity index (χ3n) is 6.66. The SMILES string of the molecule is C.C[C@]12CC[C@@H]3c4ccc(O)cc4CC[C@H]3[C@@H]1CC[C@@H]2O. The zero-order valence-electron chi connectivity index (χ0n) is 12.2. The normalized spacial score (nSPS) is 40.7. The first kappa shape index (κ1) is 14.9. The number of hydrogen-bond donors (Lipinski definition) is 2. The predicted molar refractivity (Wildman–Crippen MR) is 85.5 cm³/mol. The summed E-state index contributed by atoms with van der Waals surface area (Å²) < 4.78 is 0. The molecule has 0 heterocycles. The lowest BCUT2D eigenvalue weighted by Crippen LogP contribution is -2.43. The van der Waals surface area contributed by atoms with Crippen LogP contribution in [0.15, 0.2) is 18.2 Å². The number of phenols is 1. The third-order valence-corrected chi connectivity index (χ3v) is 6.66. The molecule has 0 amide bonds. The fourth-order valence-electron chi connectivity index (χ4n) is 5.54. The van der Waals surface area contributed by atoms with Crippen molar-refractivity contribution in [3.05, 3.63) is 29.3 Å². The highest BCUT2D eigenvalue weighted by molar-refractivity contribution is 5.40. The Hall–Kier alpha value is -1.02. The van der Waals surface area contributed by atoms with E-state index >= 15 is 0 Å². The Kier molecular flexibility index (Phi) is 3.56. The van der Waals surface area contributed by atoms with E-state index in [1.54, 1.807) is 0 Å². The molecule has 4 rings (SSSR count). The molecule has 1 aromatic rings. The van der Waals surface area contributed by atoms with E-state index in [9.17, 15) is 10.2 Å². The number of benzene rings is 1. The van der Waals surface area contributed by atoms with Gasteiger partial charge >= 0.3 is 0 Å². The van der Waals surface area contributed by atoms with Gasteiger partial charge in [-0.3, -0.25) is 0 Å². The number of phenolic OH excluding ortho intramolecular Hbond substituents is 1. The van der Waals surface area contributed by atoms with E-state index < -0.39 is 0 Å². The van der Waals surface area contributed by atoms with Crippen molar-refractivity contribution in [1.82, 2.24) is 0 Å². The molecule has 2 fully saturated rings. The molecule has 2 heteroatoms. The van der Waals surface area contributed by atoms with E-state index in [1.165, 1.54) is 30.4 Å². The Morgan fingerprint density at radius 3 is 2.76 bits per heavy atom. The van der Waals surface area contributed by atoms with Gasteiger partial charge in [0.1, 0.15) is 5.75 Å². The first-order chi connectivity index (χ1) is 9.59. The summed E-state index contributed by atoms with van der Waals surface area (Å²) in [4.78, 5) is 0. The van der Waals surface area contributed by atoms with Gasteiger partial charge in [0.2, 0.25) is 0 Å². The Morgan fingerprint density at radius 1 is 1.14 bits per heavy atom. The van der Waals surface area contributed by atoms with Crippen LogP contribution in [0.4, 0.5) is 0 Å². The molecule has 2 nitrogen and oxygen atoms in total. The van der Waals surface area contributed by atoms with Crippen LogP contribution in [0.1, 0.15) is 63.5 Å². The molecule has 2 N–H and O–H groups in total. The number of aryl methyl sites for hydroxylation is 1. The van der Waals surface area contributed by atoms with E-state index in [-0.39, 0.29) is 18.9 Å². The highest BCUT2D eigenvalue weighted by atomic mass is 16.3. The number of aliphatic hydroxyl groups excluding tert-OH is 1. The number of hydrogen-bond acceptors (Lipinski definition) is 2. The summed E-state index contributed by atoms with van der Waals surface area (Å²) >= 11 is 0. The van der Waals surface area contributed by atoms with Gasteiger partial charge in [-0.05, 0) is 85.0 Å². The van der Waals surface area contributed by atoms with Crippen molar-refractivity contribution in [1.29, 1.82) is 0 Å². The molecule has 0 saturated heterocycles. The molecule has 0 radical (unpaired) electrons. The van der Waals surface area contributed by atoms with Crippen molar-refractivity contribution >= 4 is 0 Å². The molecule has 1 aromatic carbocycles. The molecule has 5 atom stereocenters. The largest absolute Gasteiger partial charge is 0.508 e. The maximum atomic E-state index is 10.4. The van der Waals surface area contributed by atoms with Crippen LogP contribution in [-0.4, -0.2) is 16.3 Å². The third kappa shape index (κ3) is 2.03. The summed E-state index contributed by atoms with van der Waals surface area (Å²) in [5.41, 5.74) is 2.99. The van der Waals surface area contributed by atoms with Crippen molar-refractivity contribution in [2.75, 3.05) is 0 Å². The van der Waals surface area contributed by atoms with Crippen molar-refractivity contribution in [2.45, 2.75) is 64.9 Å². The second kappa shape index (κ2) is 5.01. The second-order valence-corrected chi connectivity index (χ2v) is 7.44. The highest BCUT2D eigenvalue weighted by Crippen LogP contribution is 2.60. The average molecular weight is 288 g/mol. The first-order valence-electron chi connectivity index (χ1n) is 8.09. The van der Waals surface area contributed by atoms with E-state index in [1.807, 2.05) is 12.1 Å². The van der Waals surface area contributed by atoms with Crippen LogP contribution in [0, 0.1) is 17.3 Å². The average Bonchev–Trinajstić information content (AvgIpc) is 2.74. The Morgan fingerprint density at radius 2 is 1.95 bits per heavy atom. The fraction of sp³-hybridized carbons (Fsp3) is 0.684. The lowest BCUT2D eigenvalue weighted by Gasteiger charge is -2.50. The van der Waals surface area contributed by atoms with E-state index in [0.29, 0.717) is 17.6 Å². The summed E-state index contributed by atoms with van der Waals surface area (Å²) in [6, 6.07) is 5.96. The summed E-state index contributed by atoms with van der Waals surface area (Å²) in [5, 5.41) is 20.0. The number of fused-ring (bicyclic) bond motifs is 5. The zero-order chi connectivity index (χ0) is 13.9. The monoisotopic (exact) mass is 288 g/mol. The zero-order valence-corrected chi connectivity index (χ0v) is 12.2. The molecule has 0 unspecified atom stereocenters. The highest BCUT2D eigenvalue weighted by Gasteiger charge is 2.54. The minimum Gasteiger partial charge on any atom is -0.508 e. The molecule has 3 aliphatic rings. The number of aliphatic hydroxyl groups is 1. The molecule has 2 saturated carbocycles. The van der Waals surface area contributed by atoms with E-state index in [2.05, 4.69) is 13.0 Å². The quantitative estimate of drug-likeness (QED) is 0.749. The van der Waals surface area contributed by atoms with Gasteiger partial charge in [0, 0.05) is 0 Å². The smallest absolute Gasteiger partial charge is 0.115 e. The second-order valence-electron chi connectivity index (χ2n) is 7.44. The Labute approximate surface area is 128 Å². The van der Waals surface area contributed by atoms with Crippen molar-refractivity contribution < 1.29 is 10.2 Å². The predicted octanol–water partition coefficient (Wildman–Crippen LogP) is 4.25.